The molecule has 3 aromatic carbocycles. The highest BCUT2D eigenvalue weighted by Crippen LogP contribution is 2.33. The van der Waals surface area contributed by atoms with Crippen molar-refractivity contribution in [1.29, 1.82) is 0 Å². The second-order valence-corrected chi connectivity index (χ2v) is 10.8. The molecule has 1 heterocycles. The van der Waals surface area contributed by atoms with Gasteiger partial charge in [0.25, 0.3) is 5.91 Å². The predicted molar refractivity (Wildman–Crippen MR) is 155 cm³/mol. The van der Waals surface area contributed by atoms with Crippen molar-refractivity contribution in [2.45, 2.75) is 40.4 Å². The summed E-state index contributed by atoms with van der Waals surface area (Å²) in [6.45, 7) is 8.05. The highest BCUT2D eigenvalue weighted by atomic mass is 35.5. The third-order valence-electron chi connectivity index (χ3n) is 6.16. The van der Waals surface area contributed by atoms with Gasteiger partial charge in [0.2, 0.25) is 5.91 Å². The normalized spacial score (nSPS) is 11.8. The van der Waals surface area contributed by atoms with Crippen LogP contribution in [0.3, 0.4) is 0 Å². The van der Waals surface area contributed by atoms with Crippen LogP contribution in [-0.2, 0) is 17.5 Å². The third kappa shape index (κ3) is 7.13. The Kier molecular flexibility index (Phi) is 8.53. The maximum atomic E-state index is 13.3. The highest BCUT2D eigenvalue weighted by Gasteiger charge is 2.30. The number of nitrogens with zero attached hydrogens (tertiary/aromatic N) is 2. The van der Waals surface area contributed by atoms with E-state index in [-0.39, 0.29) is 34.4 Å². The molecule has 2 amide bonds. The second-order valence-electron chi connectivity index (χ2n) is 10.4. The van der Waals surface area contributed by atoms with Gasteiger partial charge in [0, 0.05) is 35.1 Å². The van der Waals surface area contributed by atoms with Crippen molar-refractivity contribution in [1.82, 2.24) is 15.3 Å². The van der Waals surface area contributed by atoms with E-state index in [0.29, 0.717) is 34.5 Å². The number of carbonyl (C=O) groups is 2. The molecule has 0 bridgehead atoms. The van der Waals surface area contributed by atoms with Gasteiger partial charge < -0.3 is 16.0 Å². The Morgan fingerprint density at radius 3 is 2.39 bits per heavy atom. The van der Waals surface area contributed by atoms with Crippen LogP contribution in [0.4, 0.5) is 24.7 Å². The van der Waals surface area contributed by atoms with Crippen LogP contribution in [0.1, 0.15) is 49.2 Å². The van der Waals surface area contributed by atoms with Gasteiger partial charge >= 0.3 is 6.18 Å². The minimum Gasteiger partial charge on any atom is -0.370 e. The van der Waals surface area contributed by atoms with Crippen LogP contribution in [-0.4, -0.2) is 28.3 Å². The molecule has 0 saturated heterocycles. The molecule has 0 fully saturated rings. The maximum Gasteiger partial charge on any atom is 0.416 e. The summed E-state index contributed by atoms with van der Waals surface area (Å²) in [4.78, 5) is 34.4. The quantitative estimate of drug-likeness (QED) is 0.212. The average molecular weight is 584 g/mol. The first-order chi connectivity index (χ1) is 19.3. The zero-order valence-electron chi connectivity index (χ0n) is 22.9. The smallest absolute Gasteiger partial charge is 0.370 e. The molecule has 214 valence electrons. The van der Waals surface area contributed by atoms with E-state index in [1.165, 1.54) is 12.1 Å². The third-order valence-corrected chi connectivity index (χ3v) is 6.49. The number of fused-ring (bicyclic) bond motifs is 1. The molecule has 41 heavy (non-hydrogen) atoms. The number of hydrogen-bond donors (Lipinski definition) is 3. The number of nitrogens with one attached hydrogen (secondary N) is 3. The molecule has 4 rings (SSSR count). The van der Waals surface area contributed by atoms with Gasteiger partial charge in [0.15, 0.2) is 5.82 Å². The van der Waals surface area contributed by atoms with Crippen molar-refractivity contribution in [3.8, 4) is 11.4 Å². The molecule has 11 heteroatoms. The SMILES string of the molecule is CCNc1nc(-c2cccc(C(F)(F)F)c2)nc2cc(NC(=O)c3cc(CNC(=O)C(C)(C)C)ccc3Cl)ccc12. The molecule has 0 unspecified atom stereocenters. The first-order valence-corrected chi connectivity index (χ1v) is 13.3. The van der Waals surface area contributed by atoms with E-state index < -0.39 is 23.1 Å². The topological polar surface area (TPSA) is 96.0 Å². The van der Waals surface area contributed by atoms with Crippen LogP contribution in [0, 0.1) is 5.41 Å². The van der Waals surface area contributed by atoms with E-state index in [9.17, 15) is 22.8 Å². The van der Waals surface area contributed by atoms with Crippen LogP contribution in [0.15, 0.2) is 60.7 Å². The van der Waals surface area contributed by atoms with Crippen LogP contribution >= 0.6 is 11.6 Å². The fourth-order valence-corrected chi connectivity index (χ4v) is 4.18. The van der Waals surface area contributed by atoms with Gasteiger partial charge in [-0.3, -0.25) is 9.59 Å². The van der Waals surface area contributed by atoms with E-state index in [4.69, 9.17) is 11.6 Å². The Hall–Kier alpha value is -4.18. The van der Waals surface area contributed by atoms with Gasteiger partial charge in [0.1, 0.15) is 5.82 Å². The van der Waals surface area contributed by atoms with E-state index >= 15 is 0 Å². The van der Waals surface area contributed by atoms with Gasteiger partial charge in [0.05, 0.1) is 21.7 Å². The monoisotopic (exact) mass is 583 g/mol. The second kappa shape index (κ2) is 11.7. The number of benzene rings is 3. The molecule has 3 N–H and O–H groups in total. The maximum absolute atomic E-state index is 13.3. The van der Waals surface area contributed by atoms with Crippen molar-refractivity contribution in [3.05, 3.63) is 82.4 Å². The highest BCUT2D eigenvalue weighted by molar-refractivity contribution is 6.34. The summed E-state index contributed by atoms with van der Waals surface area (Å²) in [6, 6.07) is 14.8. The van der Waals surface area contributed by atoms with E-state index in [2.05, 4.69) is 25.9 Å². The predicted octanol–water partition coefficient (Wildman–Crippen LogP) is 7.32. The summed E-state index contributed by atoms with van der Waals surface area (Å²) in [5, 5.41) is 9.65. The van der Waals surface area contributed by atoms with Crippen molar-refractivity contribution in [2.75, 3.05) is 17.2 Å². The molecule has 0 atom stereocenters. The summed E-state index contributed by atoms with van der Waals surface area (Å²) in [6.07, 6.45) is -4.51. The molecule has 1 aromatic heterocycles. The Balaban J connectivity index is 1.64. The Bertz CT molecular complexity index is 1620. The summed E-state index contributed by atoms with van der Waals surface area (Å²) in [5.41, 5.74) is 0.588. The minimum atomic E-state index is -4.51. The zero-order valence-corrected chi connectivity index (χ0v) is 23.7. The molecule has 0 spiro atoms. The Morgan fingerprint density at radius 1 is 0.951 bits per heavy atom. The van der Waals surface area contributed by atoms with E-state index in [1.807, 2.05) is 6.92 Å². The number of halogens is 4. The van der Waals surface area contributed by atoms with Crippen molar-refractivity contribution < 1.29 is 22.8 Å². The summed E-state index contributed by atoms with van der Waals surface area (Å²) in [7, 11) is 0. The fraction of sp³-hybridized carbons (Fsp3) is 0.267. The van der Waals surface area contributed by atoms with Gasteiger partial charge in [-0.05, 0) is 55.0 Å². The Labute approximate surface area is 240 Å². The van der Waals surface area contributed by atoms with Gasteiger partial charge in [-0.1, -0.05) is 50.6 Å². The molecular formula is C30H29ClF3N5O2. The first kappa shape index (κ1) is 29.8. The number of aromatic nitrogens is 2. The molecule has 0 aliphatic rings. The average Bonchev–Trinajstić information content (AvgIpc) is 2.91. The number of hydrogen-bond acceptors (Lipinski definition) is 5. The number of rotatable bonds is 7. The van der Waals surface area contributed by atoms with Crippen LogP contribution < -0.4 is 16.0 Å². The number of amides is 2. The van der Waals surface area contributed by atoms with Crippen molar-refractivity contribution in [2.24, 2.45) is 5.41 Å². The zero-order chi connectivity index (χ0) is 29.9. The summed E-state index contributed by atoms with van der Waals surface area (Å²) >= 11 is 6.32. The van der Waals surface area contributed by atoms with Crippen molar-refractivity contribution in [3.63, 3.8) is 0 Å². The van der Waals surface area contributed by atoms with E-state index in [0.717, 1.165) is 12.1 Å². The summed E-state index contributed by atoms with van der Waals surface area (Å²) < 4.78 is 39.9. The van der Waals surface area contributed by atoms with Crippen molar-refractivity contribution >= 4 is 45.8 Å². The van der Waals surface area contributed by atoms with Crippen LogP contribution in [0.2, 0.25) is 5.02 Å². The van der Waals surface area contributed by atoms with E-state index in [1.54, 1.807) is 57.2 Å². The van der Waals surface area contributed by atoms with Gasteiger partial charge in [-0.25, -0.2) is 9.97 Å². The molecule has 0 radical (unpaired) electrons. The number of alkyl halides is 3. The van der Waals surface area contributed by atoms with Crippen LogP contribution in [0.25, 0.3) is 22.3 Å². The first-order valence-electron chi connectivity index (χ1n) is 12.9. The molecule has 0 aliphatic carbocycles. The van der Waals surface area contributed by atoms with Gasteiger partial charge in [-0.15, -0.1) is 0 Å². The lowest BCUT2D eigenvalue weighted by Crippen LogP contribution is -2.34. The number of carbonyl (C=O) groups excluding carboxylic acids is 2. The summed E-state index contributed by atoms with van der Waals surface area (Å²) in [5.74, 6) is -0.0395. The lowest BCUT2D eigenvalue weighted by molar-refractivity contribution is -0.137. The van der Waals surface area contributed by atoms with Crippen LogP contribution in [0.5, 0.6) is 0 Å². The fourth-order valence-electron chi connectivity index (χ4n) is 3.98. The minimum absolute atomic E-state index is 0.107. The number of anilines is 2. The molecule has 0 saturated carbocycles. The molecular weight excluding hydrogens is 555 g/mol. The lowest BCUT2D eigenvalue weighted by atomic mass is 9.95. The standard InChI is InChI=1S/C30H29ClF3N5O2/c1-5-35-26-21-11-10-20(15-24(21)38-25(39-26)18-7-6-8-19(14-18)30(32,33)34)37-27(40)22-13-17(9-12-23(22)31)16-36-28(41)29(2,3)4/h6-15H,5,16H2,1-4H3,(H,36,41)(H,37,40)(H,35,38,39). The van der Waals surface area contributed by atoms with Gasteiger partial charge in [-0.2, -0.15) is 13.2 Å². The Morgan fingerprint density at radius 2 is 1.71 bits per heavy atom. The molecule has 7 nitrogen and oxygen atoms in total. The lowest BCUT2D eigenvalue weighted by Gasteiger charge is -2.18. The largest absolute Gasteiger partial charge is 0.416 e. The molecule has 0 aliphatic heterocycles. The molecule has 4 aromatic rings.